The van der Waals surface area contributed by atoms with Crippen LogP contribution < -0.4 is 4.90 Å². The topological polar surface area (TPSA) is 57.7 Å². The molecule has 0 spiro atoms. The summed E-state index contributed by atoms with van der Waals surface area (Å²) in [5.74, 6) is 0.0315. The number of halogens is 1. The van der Waals surface area contributed by atoms with E-state index in [9.17, 15) is 13.2 Å². The molecule has 1 aliphatic rings. The Kier molecular flexibility index (Phi) is 5.13. The highest BCUT2D eigenvalue weighted by Gasteiger charge is 2.28. The molecule has 1 saturated heterocycles. The number of carbonyl (C=O) groups excluding carboxylic acids is 1. The summed E-state index contributed by atoms with van der Waals surface area (Å²) in [5, 5.41) is 0.408. The van der Waals surface area contributed by atoms with Gasteiger partial charge in [0.2, 0.25) is 10.0 Å². The second kappa shape index (κ2) is 7.15. The minimum Gasteiger partial charge on any atom is -0.369 e. The molecule has 5 nitrogen and oxygen atoms in total. The number of Topliss-reactive ketones (excluding diaryl/α,β-unsaturated/α-hetero) is 1. The molecule has 0 amide bonds. The van der Waals surface area contributed by atoms with Gasteiger partial charge in [-0.3, -0.25) is 4.79 Å². The van der Waals surface area contributed by atoms with Crippen LogP contribution in [0.3, 0.4) is 0 Å². The number of hydrogen-bond acceptors (Lipinski definition) is 4. The first kappa shape index (κ1) is 17.9. The van der Waals surface area contributed by atoms with Crippen molar-refractivity contribution in [3.05, 3.63) is 59.1 Å². The molecule has 2 aromatic rings. The highest BCUT2D eigenvalue weighted by Crippen LogP contribution is 2.23. The third kappa shape index (κ3) is 3.86. The monoisotopic (exact) mass is 378 g/mol. The largest absolute Gasteiger partial charge is 0.369 e. The van der Waals surface area contributed by atoms with Crippen LogP contribution in [0.4, 0.5) is 5.69 Å². The molecule has 0 unspecified atom stereocenters. The molecule has 3 rings (SSSR count). The highest BCUT2D eigenvalue weighted by atomic mass is 35.5. The highest BCUT2D eigenvalue weighted by molar-refractivity contribution is 7.89. The Hall–Kier alpha value is -1.89. The van der Waals surface area contributed by atoms with E-state index < -0.39 is 10.0 Å². The number of sulfonamides is 1. The maximum atomic E-state index is 12.7. The van der Waals surface area contributed by atoms with Crippen molar-refractivity contribution in [3.8, 4) is 0 Å². The zero-order valence-electron chi connectivity index (χ0n) is 13.9. The van der Waals surface area contributed by atoms with Gasteiger partial charge in [0, 0.05) is 42.5 Å². The van der Waals surface area contributed by atoms with Crippen molar-refractivity contribution in [2.75, 3.05) is 31.1 Å². The standard InChI is InChI=1S/C18H19ClN2O3S/c1-14(22)15-5-7-17(8-6-15)20-9-11-21(12-10-20)25(23,24)18-4-2-3-16(19)13-18/h2-8,13H,9-12H2,1H3. The van der Waals surface area contributed by atoms with E-state index in [1.54, 1.807) is 30.3 Å². The molecule has 132 valence electrons. The van der Waals surface area contributed by atoms with Gasteiger partial charge in [-0.2, -0.15) is 4.31 Å². The van der Waals surface area contributed by atoms with Gasteiger partial charge in [-0.1, -0.05) is 17.7 Å². The Morgan fingerprint density at radius 2 is 1.64 bits per heavy atom. The fourth-order valence-corrected chi connectivity index (χ4v) is 4.59. The summed E-state index contributed by atoms with van der Waals surface area (Å²) in [6.45, 7) is 3.54. The molecule has 0 N–H and O–H groups in total. The summed E-state index contributed by atoms with van der Waals surface area (Å²) < 4.78 is 26.9. The van der Waals surface area contributed by atoms with E-state index in [1.165, 1.54) is 17.3 Å². The van der Waals surface area contributed by atoms with Gasteiger partial charge in [0.1, 0.15) is 0 Å². The maximum absolute atomic E-state index is 12.7. The number of piperazine rings is 1. The van der Waals surface area contributed by atoms with Gasteiger partial charge in [0.25, 0.3) is 0 Å². The van der Waals surface area contributed by atoms with Gasteiger partial charge in [0.05, 0.1) is 4.90 Å². The Morgan fingerprint density at radius 3 is 2.20 bits per heavy atom. The summed E-state index contributed by atoms with van der Waals surface area (Å²) >= 11 is 5.91. The normalized spacial score (nSPS) is 16.0. The predicted molar refractivity (Wildman–Crippen MR) is 98.9 cm³/mol. The van der Waals surface area contributed by atoms with Crippen LogP contribution in [0.15, 0.2) is 53.4 Å². The first-order valence-corrected chi connectivity index (χ1v) is 9.81. The molecule has 1 heterocycles. The van der Waals surface area contributed by atoms with Crippen LogP contribution in [0.5, 0.6) is 0 Å². The molecule has 25 heavy (non-hydrogen) atoms. The van der Waals surface area contributed by atoms with Crippen LogP contribution in [-0.2, 0) is 10.0 Å². The third-order valence-corrected chi connectivity index (χ3v) is 6.44. The Balaban J connectivity index is 1.70. The van der Waals surface area contributed by atoms with E-state index in [4.69, 9.17) is 11.6 Å². The van der Waals surface area contributed by atoms with E-state index in [1.807, 2.05) is 12.1 Å². The maximum Gasteiger partial charge on any atom is 0.243 e. The Labute approximate surface area is 152 Å². The van der Waals surface area contributed by atoms with Crippen LogP contribution in [0.2, 0.25) is 5.02 Å². The van der Waals surface area contributed by atoms with Crippen LogP contribution in [0.1, 0.15) is 17.3 Å². The zero-order valence-corrected chi connectivity index (χ0v) is 15.4. The lowest BCUT2D eigenvalue weighted by Crippen LogP contribution is -2.48. The van der Waals surface area contributed by atoms with Crippen LogP contribution in [0, 0.1) is 0 Å². The van der Waals surface area contributed by atoms with E-state index in [-0.39, 0.29) is 10.7 Å². The number of benzene rings is 2. The second-order valence-electron chi connectivity index (χ2n) is 5.95. The lowest BCUT2D eigenvalue weighted by atomic mass is 10.1. The predicted octanol–water partition coefficient (Wildman–Crippen LogP) is 3.05. The molecular weight excluding hydrogens is 360 g/mol. The van der Waals surface area contributed by atoms with Gasteiger partial charge in [0.15, 0.2) is 5.78 Å². The SMILES string of the molecule is CC(=O)c1ccc(N2CCN(S(=O)(=O)c3cccc(Cl)c3)CC2)cc1. The molecule has 0 atom stereocenters. The quantitative estimate of drug-likeness (QED) is 0.767. The third-order valence-electron chi connectivity index (χ3n) is 4.31. The van der Waals surface area contributed by atoms with Gasteiger partial charge in [-0.25, -0.2) is 8.42 Å². The molecule has 0 bridgehead atoms. The Bertz CT molecular complexity index is 873. The summed E-state index contributed by atoms with van der Waals surface area (Å²) in [6, 6.07) is 13.7. The van der Waals surface area contributed by atoms with Gasteiger partial charge < -0.3 is 4.90 Å². The second-order valence-corrected chi connectivity index (χ2v) is 8.33. The van der Waals surface area contributed by atoms with Gasteiger partial charge >= 0.3 is 0 Å². The first-order valence-electron chi connectivity index (χ1n) is 7.99. The molecule has 1 aliphatic heterocycles. The molecule has 0 saturated carbocycles. The van der Waals surface area contributed by atoms with Crippen molar-refractivity contribution < 1.29 is 13.2 Å². The summed E-state index contributed by atoms with van der Waals surface area (Å²) in [5.41, 5.74) is 1.66. The first-order chi connectivity index (χ1) is 11.9. The number of ketones is 1. The van der Waals surface area contributed by atoms with Gasteiger partial charge in [-0.15, -0.1) is 0 Å². The lowest BCUT2D eigenvalue weighted by molar-refractivity contribution is 0.101. The zero-order chi connectivity index (χ0) is 18.0. The van der Waals surface area contributed by atoms with Crippen LogP contribution in [-0.4, -0.2) is 44.7 Å². The van der Waals surface area contributed by atoms with Crippen molar-refractivity contribution >= 4 is 33.1 Å². The molecule has 7 heteroatoms. The fraction of sp³-hybridized carbons (Fsp3) is 0.278. The number of rotatable bonds is 4. The van der Waals surface area contributed by atoms with Gasteiger partial charge in [-0.05, 0) is 49.4 Å². The van der Waals surface area contributed by atoms with E-state index in [2.05, 4.69) is 4.90 Å². The molecule has 1 fully saturated rings. The van der Waals surface area contributed by atoms with Crippen molar-refractivity contribution in [1.29, 1.82) is 0 Å². The summed E-state index contributed by atoms with van der Waals surface area (Å²) in [4.78, 5) is 13.7. The number of hydrogen-bond donors (Lipinski definition) is 0. The van der Waals surface area contributed by atoms with Crippen molar-refractivity contribution in [2.24, 2.45) is 0 Å². The van der Waals surface area contributed by atoms with Crippen LogP contribution >= 0.6 is 11.6 Å². The molecule has 0 radical (unpaired) electrons. The smallest absolute Gasteiger partial charge is 0.243 e. The minimum absolute atomic E-state index is 0.0315. The van der Waals surface area contributed by atoms with E-state index >= 15 is 0 Å². The van der Waals surface area contributed by atoms with Crippen molar-refractivity contribution in [2.45, 2.75) is 11.8 Å². The number of nitrogens with zero attached hydrogens (tertiary/aromatic N) is 2. The van der Waals surface area contributed by atoms with Crippen LogP contribution in [0.25, 0.3) is 0 Å². The average molecular weight is 379 g/mol. The lowest BCUT2D eigenvalue weighted by Gasteiger charge is -2.35. The fourth-order valence-electron chi connectivity index (χ4n) is 2.87. The van der Waals surface area contributed by atoms with Crippen molar-refractivity contribution in [3.63, 3.8) is 0 Å². The molecule has 0 aliphatic carbocycles. The molecule has 2 aromatic carbocycles. The average Bonchev–Trinajstić information content (AvgIpc) is 2.62. The van der Waals surface area contributed by atoms with E-state index in [0.717, 1.165) is 5.69 Å². The molecule has 0 aromatic heterocycles. The summed E-state index contributed by atoms with van der Waals surface area (Å²) in [6.07, 6.45) is 0. The van der Waals surface area contributed by atoms with E-state index in [0.29, 0.717) is 36.8 Å². The number of carbonyl (C=O) groups is 1. The number of anilines is 1. The summed E-state index contributed by atoms with van der Waals surface area (Å²) in [7, 11) is -3.53. The van der Waals surface area contributed by atoms with Crippen molar-refractivity contribution in [1.82, 2.24) is 4.31 Å². The Morgan fingerprint density at radius 1 is 1.00 bits per heavy atom. The minimum atomic E-state index is -3.53. The molecular formula is C18H19ClN2O3S.